The summed E-state index contributed by atoms with van der Waals surface area (Å²) in [5, 5.41) is 0. The van der Waals surface area contributed by atoms with Crippen LogP contribution in [0.1, 0.15) is 27.8 Å². The van der Waals surface area contributed by atoms with E-state index in [1.54, 1.807) is 0 Å². The lowest BCUT2D eigenvalue weighted by atomic mass is 9.62. The van der Waals surface area contributed by atoms with Gasteiger partial charge in [0, 0.05) is 11.3 Å². The van der Waals surface area contributed by atoms with Crippen LogP contribution in [0.15, 0.2) is 120 Å². The first-order valence-electron chi connectivity index (χ1n) is 11.1. The molecular formula is C31H21N. The summed E-state index contributed by atoms with van der Waals surface area (Å²) >= 11 is 0. The van der Waals surface area contributed by atoms with Gasteiger partial charge in [0.2, 0.25) is 0 Å². The molecule has 32 heavy (non-hydrogen) atoms. The molecule has 3 aromatic rings. The fourth-order valence-electron chi connectivity index (χ4n) is 5.76. The molecule has 0 heterocycles. The van der Waals surface area contributed by atoms with Gasteiger partial charge in [-0.25, -0.2) is 0 Å². The lowest BCUT2D eigenvalue weighted by Crippen LogP contribution is -2.34. The third-order valence-electron chi connectivity index (χ3n) is 7.23. The molecule has 4 aliphatic rings. The molecule has 3 aromatic carbocycles. The quantitative estimate of drug-likeness (QED) is 0.467. The molecule has 0 saturated heterocycles. The molecule has 0 amide bonds. The highest BCUT2D eigenvalue weighted by Gasteiger charge is 2.49. The van der Waals surface area contributed by atoms with Crippen molar-refractivity contribution in [3.63, 3.8) is 0 Å². The molecule has 0 aromatic heterocycles. The van der Waals surface area contributed by atoms with Crippen molar-refractivity contribution in [2.45, 2.75) is 0 Å². The van der Waals surface area contributed by atoms with E-state index in [1.807, 2.05) is 0 Å². The van der Waals surface area contributed by atoms with E-state index in [0.29, 0.717) is 0 Å². The summed E-state index contributed by atoms with van der Waals surface area (Å²) < 4.78 is 0. The van der Waals surface area contributed by atoms with Gasteiger partial charge in [-0.2, -0.15) is 0 Å². The average molecular weight is 408 g/mol. The van der Waals surface area contributed by atoms with E-state index < -0.39 is 5.41 Å². The maximum Gasteiger partial charge on any atom is 0.0798 e. The summed E-state index contributed by atoms with van der Waals surface area (Å²) in [6.07, 6.45) is 13.7. The third kappa shape index (κ3) is 2.13. The normalized spacial score (nSPS) is 21.9. The molecule has 0 radical (unpaired) electrons. The highest BCUT2D eigenvalue weighted by Crippen LogP contribution is 2.62. The van der Waals surface area contributed by atoms with Gasteiger partial charge in [0.05, 0.1) is 5.41 Å². The van der Waals surface area contributed by atoms with Crippen LogP contribution in [0.4, 0.5) is 0 Å². The Morgan fingerprint density at radius 2 is 1.19 bits per heavy atom. The van der Waals surface area contributed by atoms with Crippen LogP contribution in [-0.2, 0) is 0 Å². The summed E-state index contributed by atoms with van der Waals surface area (Å²) in [6.45, 7) is 0. The molecule has 150 valence electrons. The van der Waals surface area contributed by atoms with Gasteiger partial charge in [-0.05, 0) is 68.3 Å². The van der Waals surface area contributed by atoms with Crippen molar-refractivity contribution < 1.29 is 0 Å². The zero-order valence-corrected chi connectivity index (χ0v) is 17.5. The smallest absolute Gasteiger partial charge is 0.0798 e. The van der Waals surface area contributed by atoms with Gasteiger partial charge in [0.25, 0.3) is 0 Å². The van der Waals surface area contributed by atoms with Crippen molar-refractivity contribution in [2.24, 2.45) is 11.1 Å². The summed E-state index contributed by atoms with van der Waals surface area (Å²) in [4.78, 5) is 0. The Morgan fingerprint density at radius 1 is 0.594 bits per heavy atom. The van der Waals surface area contributed by atoms with Crippen LogP contribution in [-0.4, -0.2) is 0 Å². The molecule has 1 atom stereocenters. The van der Waals surface area contributed by atoms with Gasteiger partial charge in [-0.3, -0.25) is 0 Å². The van der Waals surface area contributed by atoms with Crippen molar-refractivity contribution in [3.8, 4) is 0 Å². The van der Waals surface area contributed by atoms with Gasteiger partial charge < -0.3 is 5.73 Å². The zero-order valence-electron chi connectivity index (χ0n) is 17.5. The summed E-state index contributed by atoms with van der Waals surface area (Å²) in [5.74, 6) is 0. The van der Waals surface area contributed by atoms with Crippen LogP contribution in [0.2, 0.25) is 0 Å². The molecule has 0 fully saturated rings. The molecule has 1 unspecified atom stereocenters. The largest absolute Gasteiger partial charge is 0.400 e. The summed E-state index contributed by atoms with van der Waals surface area (Å²) in [6, 6.07) is 27.8. The molecule has 0 bridgehead atoms. The first kappa shape index (κ1) is 17.6. The number of hydrogen-bond donors (Lipinski definition) is 1. The average Bonchev–Trinajstić information content (AvgIpc) is 3.41. The van der Waals surface area contributed by atoms with E-state index in [1.165, 1.54) is 44.5 Å². The Balaban J connectivity index is 1.56. The van der Waals surface area contributed by atoms with Crippen LogP contribution >= 0.6 is 0 Å². The number of rotatable bonds is 1. The molecular weight excluding hydrogens is 386 g/mol. The summed E-state index contributed by atoms with van der Waals surface area (Å²) in [5.41, 5.74) is 20.0. The Bertz CT molecular complexity index is 1490. The standard InChI is InChI=1S/C31H21N/c32-30-26(20-9-2-1-3-10-20)19-27-24-14-7-5-12-22(24)18-29(27)31(30)16-8-15-25-23-13-6-4-11-21(23)17-28(25)31/h1-19H,32H2. The first-order valence-corrected chi connectivity index (χ1v) is 11.1. The van der Waals surface area contributed by atoms with Crippen molar-refractivity contribution in [3.05, 3.63) is 148 Å². The lowest BCUT2D eigenvalue weighted by Gasteiger charge is -2.41. The minimum Gasteiger partial charge on any atom is -0.400 e. The predicted molar refractivity (Wildman–Crippen MR) is 134 cm³/mol. The van der Waals surface area contributed by atoms with E-state index in [9.17, 15) is 0 Å². The molecule has 4 aliphatic carbocycles. The van der Waals surface area contributed by atoms with Gasteiger partial charge >= 0.3 is 0 Å². The third-order valence-corrected chi connectivity index (χ3v) is 7.23. The molecule has 0 aliphatic heterocycles. The van der Waals surface area contributed by atoms with Crippen LogP contribution in [0, 0.1) is 5.41 Å². The Kier molecular flexibility index (Phi) is 3.41. The maximum atomic E-state index is 7.18. The van der Waals surface area contributed by atoms with E-state index in [4.69, 9.17) is 5.73 Å². The number of benzene rings is 3. The fourth-order valence-corrected chi connectivity index (χ4v) is 5.76. The Hall–Kier alpha value is -4.10. The zero-order chi connectivity index (χ0) is 21.3. The highest BCUT2D eigenvalue weighted by atomic mass is 14.7. The molecule has 7 rings (SSSR count). The Labute approximate surface area is 187 Å². The van der Waals surface area contributed by atoms with Gasteiger partial charge in [-0.1, -0.05) is 97.1 Å². The minimum atomic E-state index is -0.489. The van der Waals surface area contributed by atoms with Gasteiger partial charge in [-0.15, -0.1) is 0 Å². The van der Waals surface area contributed by atoms with E-state index in [2.05, 4.69) is 115 Å². The van der Waals surface area contributed by atoms with E-state index in [0.717, 1.165) is 16.8 Å². The topological polar surface area (TPSA) is 26.0 Å². The second-order valence-electron chi connectivity index (χ2n) is 8.79. The second-order valence-corrected chi connectivity index (χ2v) is 8.79. The molecule has 1 spiro atoms. The van der Waals surface area contributed by atoms with Crippen molar-refractivity contribution in [1.82, 2.24) is 0 Å². The van der Waals surface area contributed by atoms with Crippen LogP contribution in [0.3, 0.4) is 0 Å². The molecule has 1 nitrogen and oxygen atoms in total. The maximum absolute atomic E-state index is 7.18. The summed E-state index contributed by atoms with van der Waals surface area (Å²) in [7, 11) is 0. The van der Waals surface area contributed by atoms with Crippen molar-refractivity contribution >= 4 is 28.9 Å². The SMILES string of the molecule is NC1=C(c2ccccc2)C=C2C(=Cc3ccccc32)C12C=CC=C1C2=Cc2ccccc21. The van der Waals surface area contributed by atoms with Crippen LogP contribution in [0.5, 0.6) is 0 Å². The predicted octanol–water partition coefficient (Wildman–Crippen LogP) is 6.89. The molecule has 0 saturated carbocycles. The highest BCUT2D eigenvalue weighted by molar-refractivity contribution is 6.09. The van der Waals surface area contributed by atoms with E-state index in [-0.39, 0.29) is 0 Å². The lowest BCUT2D eigenvalue weighted by molar-refractivity contribution is 0.689. The fraction of sp³-hybridized carbons (Fsp3) is 0.0323. The van der Waals surface area contributed by atoms with Gasteiger partial charge in [0.15, 0.2) is 0 Å². The Morgan fingerprint density at radius 3 is 1.91 bits per heavy atom. The molecule has 2 N–H and O–H groups in total. The first-order chi connectivity index (χ1) is 15.8. The van der Waals surface area contributed by atoms with Crippen LogP contribution < -0.4 is 5.73 Å². The number of hydrogen-bond acceptors (Lipinski definition) is 1. The van der Waals surface area contributed by atoms with Crippen molar-refractivity contribution in [2.75, 3.05) is 0 Å². The van der Waals surface area contributed by atoms with E-state index >= 15 is 0 Å². The number of nitrogens with two attached hydrogens (primary N) is 1. The molecule has 1 heteroatoms. The second kappa shape index (κ2) is 6.21. The minimum absolute atomic E-state index is 0.489. The van der Waals surface area contributed by atoms with Crippen LogP contribution in [0.25, 0.3) is 28.9 Å². The monoisotopic (exact) mass is 407 g/mol. The van der Waals surface area contributed by atoms with Crippen molar-refractivity contribution in [1.29, 1.82) is 0 Å². The number of fused-ring (bicyclic) bond motifs is 8. The van der Waals surface area contributed by atoms with Gasteiger partial charge in [0.1, 0.15) is 0 Å². The number of allylic oxidation sites excluding steroid dienone is 7.